The largest absolute Gasteiger partial charge is 0.376 e. The van der Waals surface area contributed by atoms with Gasteiger partial charge in [-0.25, -0.2) is 0 Å². The van der Waals surface area contributed by atoms with Crippen molar-refractivity contribution in [1.82, 2.24) is 24.5 Å². The molecule has 4 heterocycles. The molecule has 1 aliphatic rings. The van der Waals surface area contributed by atoms with Gasteiger partial charge in [0.2, 0.25) is 11.7 Å². The summed E-state index contributed by atoms with van der Waals surface area (Å²) >= 11 is 1.42. The molecule has 0 aromatic carbocycles. The van der Waals surface area contributed by atoms with Crippen molar-refractivity contribution >= 4 is 33.2 Å². The lowest BCUT2D eigenvalue weighted by Gasteiger charge is -2.10. The van der Waals surface area contributed by atoms with Crippen molar-refractivity contribution in [2.45, 2.75) is 38.2 Å². The fraction of sp³-hybridized carbons (Fsp3) is 0.529. The summed E-state index contributed by atoms with van der Waals surface area (Å²) in [5.41, 5.74) is 0.769. The second kappa shape index (κ2) is 7.16. The molecule has 9 heteroatoms. The zero-order valence-corrected chi connectivity index (χ0v) is 15.4. The lowest BCUT2D eigenvalue weighted by atomic mass is 10.2. The van der Waals surface area contributed by atoms with Crippen molar-refractivity contribution in [3.63, 3.8) is 0 Å². The van der Waals surface area contributed by atoms with Crippen molar-refractivity contribution in [3.05, 3.63) is 27.6 Å². The highest BCUT2D eigenvalue weighted by molar-refractivity contribution is 7.17. The Morgan fingerprint density at radius 3 is 3.15 bits per heavy atom. The molecule has 0 aliphatic carbocycles. The lowest BCUT2D eigenvalue weighted by molar-refractivity contribution is -0.121. The van der Waals surface area contributed by atoms with Gasteiger partial charge in [-0.15, -0.1) is 21.5 Å². The molecule has 1 amide bonds. The Balaban J connectivity index is 1.43. The number of carbonyl (C=O) groups excluding carboxylic acids is 1. The first-order valence-corrected chi connectivity index (χ1v) is 9.71. The number of aryl methyl sites for hydroxylation is 2. The quantitative estimate of drug-likeness (QED) is 0.700. The summed E-state index contributed by atoms with van der Waals surface area (Å²) in [5.74, 6) is 1.33. The molecule has 0 spiro atoms. The van der Waals surface area contributed by atoms with Gasteiger partial charge in [-0.05, 0) is 30.7 Å². The van der Waals surface area contributed by atoms with Gasteiger partial charge in [-0.1, -0.05) is 0 Å². The smallest absolute Gasteiger partial charge is 0.272 e. The van der Waals surface area contributed by atoms with Crippen molar-refractivity contribution in [2.75, 3.05) is 13.2 Å². The second-order valence-corrected chi connectivity index (χ2v) is 7.46. The normalized spacial score (nSPS) is 17.3. The number of thiophene rings is 1. The van der Waals surface area contributed by atoms with Crippen LogP contribution in [-0.4, -0.2) is 44.3 Å². The number of hydrogen-bond donors (Lipinski definition) is 1. The number of ether oxygens (including phenoxy) is 1. The van der Waals surface area contributed by atoms with Crippen LogP contribution in [0.15, 0.2) is 16.2 Å². The minimum atomic E-state index is -0.0602. The first-order chi connectivity index (χ1) is 12.6. The lowest BCUT2D eigenvalue weighted by Crippen LogP contribution is -2.31. The van der Waals surface area contributed by atoms with E-state index >= 15 is 0 Å². The number of hydrogen-bond acceptors (Lipinski definition) is 6. The molecule has 8 nitrogen and oxygen atoms in total. The Morgan fingerprint density at radius 1 is 1.46 bits per heavy atom. The van der Waals surface area contributed by atoms with Crippen LogP contribution in [0.4, 0.5) is 0 Å². The number of aromatic nitrogens is 4. The summed E-state index contributed by atoms with van der Waals surface area (Å²) in [4.78, 5) is 24.3. The van der Waals surface area contributed by atoms with Crippen LogP contribution in [0.2, 0.25) is 0 Å². The molecule has 26 heavy (non-hydrogen) atoms. The van der Waals surface area contributed by atoms with Crippen LogP contribution in [0.25, 0.3) is 16.0 Å². The number of fused-ring (bicyclic) bond motifs is 3. The molecule has 1 aliphatic heterocycles. The zero-order valence-electron chi connectivity index (χ0n) is 14.6. The van der Waals surface area contributed by atoms with Gasteiger partial charge >= 0.3 is 0 Å². The van der Waals surface area contributed by atoms with Crippen molar-refractivity contribution in [1.29, 1.82) is 0 Å². The summed E-state index contributed by atoms with van der Waals surface area (Å²) in [6.45, 7) is 1.38. The Hall–Kier alpha value is -2.26. The summed E-state index contributed by atoms with van der Waals surface area (Å²) < 4.78 is 9.63. The first kappa shape index (κ1) is 17.2. The third-order valence-corrected chi connectivity index (χ3v) is 5.64. The first-order valence-electron chi connectivity index (χ1n) is 8.83. The highest BCUT2D eigenvalue weighted by Crippen LogP contribution is 2.20. The SMILES string of the molecule is Cn1c(=O)c2sccc2n2c(CCCC(=O)NCC3CCCO3)nnc12. The number of rotatable bonds is 6. The monoisotopic (exact) mass is 375 g/mol. The maximum absolute atomic E-state index is 12.3. The van der Waals surface area contributed by atoms with E-state index in [1.807, 2.05) is 15.8 Å². The molecule has 3 aromatic rings. The highest BCUT2D eigenvalue weighted by atomic mass is 32.1. The molecule has 0 saturated carbocycles. The van der Waals surface area contributed by atoms with E-state index < -0.39 is 0 Å². The molecular formula is C17H21N5O3S. The topological polar surface area (TPSA) is 90.5 Å². The average Bonchev–Trinajstić information content (AvgIpc) is 3.37. The molecule has 4 rings (SSSR count). The number of nitrogens with zero attached hydrogens (tertiary/aromatic N) is 4. The molecule has 0 bridgehead atoms. The van der Waals surface area contributed by atoms with Crippen LogP contribution in [0.5, 0.6) is 0 Å². The van der Waals surface area contributed by atoms with E-state index in [1.54, 1.807) is 7.05 Å². The van der Waals surface area contributed by atoms with E-state index in [1.165, 1.54) is 15.9 Å². The fourth-order valence-corrected chi connectivity index (χ4v) is 4.19. The van der Waals surface area contributed by atoms with E-state index in [2.05, 4.69) is 15.5 Å². The zero-order chi connectivity index (χ0) is 18.1. The van der Waals surface area contributed by atoms with E-state index in [9.17, 15) is 9.59 Å². The number of nitrogens with one attached hydrogen (secondary N) is 1. The molecule has 1 atom stereocenters. The summed E-state index contributed by atoms with van der Waals surface area (Å²) in [6.07, 6.45) is 3.97. The predicted octanol–water partition coefficient (Wildman–Crippen LogP) is 1.26. The van der Waals surface area contributed by atoms with Crippen LogP contribution >= 0.6 is 11.3 Å². The molecule has 0 radical (unpaired) electrons. The third kappa shape index (κ3) is 3.12. The fourth-order valence-electron chi connectivity index (χ4n) is 3.34. The minimum absolute atomic E-state index is 0.0300. The molecule has 1 fully saturated rings. The maximum atomic E-state index is 12.3. The summed E-state index contributed by atoms with van der Waals surface area (Å²) in [5, 5.41) is 13.2. The maximum Gasteiger partial charge on any atom is 0.272 e. The van der Waals surface area contributed by atoms with E-state index in [0.717, 1.165) is 30.8 Å². The van der Waals surface area contributed by atoms with Gasteiger partial charge in [0.25, 0.3) is 5.56 Å². The standard InChI is InChI=1S/C17H21N5O3S/c1-21-16(24)15-12(7-9-26-15)22-13(19-20-17(21)22)5-2-6-14(23)18-10-11-4-3-8-25-11/h7,9,11H,2-6,8,10H2,1H3,(H,18,23). The van der Waals surface area contributed by atoms with E-state index in [-0.39, 0.29) is 17.6 Å². The van der Waals surface area contributed by atoms with Crippen molar-refractivity contribution in [2.24, 2.45) is 7.05 Å². The van der Waals surface area contributed by atoms with Crippen LogP contribution in [0.1, 0.15) is 31.5 Å². The summed E-state index contributed by atoms with van der Waals surface area (Å²) in [7, 11) is 1.70. The predicted molar refractivity (Wildman–Crippen MR) is 98.5 cm³/mol. The number of carbonyl (C=O) groups is 1. The number of amides is 1. The van der Waals surface area contributed by atoms with Crippen LogP contribution in [0, 0.1) is 0 Å². The molecule has 138 valence electrons. The van der Waals surface area contributed by atoms with E-state index in [4.69, 9.17) is 4.74 Å². The third-order valence-electron chi connectivity index (χ3n) is 4.75. The molecule has 1 unspecified atom stereocenters. The van der Waals surface area contributed by atoms with Gasteiger partial charge in [0.1, 0.15) is 10.5 Å². The Labute approximate surface area is 153 Å². The van der Waals surface area contributed by atoms with Gasteiger partial charge in [0.05, 0.1) is 11.6 Å². The van der Waals surface area contributed by atoms with Crippen LogP contribution in [-0.2, 0) is 23.0 Å². The van der Waals surface area contributed by atoms with Crippen LogP contribution in [0.3, 0.4) is 0 Å². The molecule has 1 N–H and O–H groups in total. The van der Waals surface area contributed by atoms with Crippen LogP contribution < -0.4 is 10.9 Å². The summed E-state index contributed by atoms with van der Waals surface area (Å²) in [6, 6.07) is 1.91. The molecular weight excluding hydrogens is 354 g/mol. The van der Waals surface area contributed by atoms with E-state index in [0.29, 0.717) is 36.3 Å². The Bertz CT molecular complexity index is 999. The van der Waals surface area contributed by atoms with Crippen molar-refractivity contribution < 1.29 is 9.53 Å². The van der Waals surface area contributed by atoms with Gasteiger partial charge in [-0.2, -0.15) is 0 Å². The van der Waals surface area contributed by atoms with Crippen molar-refractivity contribution in [3.8, 4) is 0 Å². The van der Waals surface area contributed by atoms with Gasteiger partial charge in [-0.3, -0.25) is 18.6 Å². The average molecular weight is 375 g/mol. The second-order valence-electron chi connectivity index (χ2n) is 6.54. The minimum Gasteiger partial charge on any atom is -0.376 e. The Kier molecular flexibility index (Phi) is 4.73. The van der Waals surface area contributed by atoms with Gasteiger partial charge < -0.3 is 10.1 Å². The van der Waals surface area contributed by atoms with Gasteiger partial charge in [0, 0.05) is 33.0 Å². The molecule has 1 saturated heterocycles. The Morgan fingerprint density at radius 2 is 2.35 bits per heavy atom. The molecule has 3 aromatic heterocycles. The van der Waals surface area contributed by atoms with Gasteiger partial charge in [0.15, 0.2) is 0 Å². The highest BCUT2D eigenvalue weighted by Gasteiger charge is 2.17.